The van der Waals surface area contributed by atoms with Crippen LogP contribution in [0, 0.1) is 13.8 Å². The molecule has 3 rings (SSSR count). The Kier molecular flexibility index (Phi) is 3.23. The van der Waals surface area contributed by atoms with Crippen LogP contribution in [-0.4, -0.2) is 41.4 Å². The summed E-state index contributed by atoms with van der Waals surface area (Å²) in [7, 11) is 0. The molecule has 2 aliphatic heterocycles. The van der Waals surface area contributed by atoms with Gasteiger partial charge in [-0.15, -0.1) is 0 Å². The van der Waals surface area contributed by atoms with Gasteiger partial charge in [-0.3, -0.25) is 14.9 Å². The van der Waals surface area contributed by atoms with E-state index in [1.807, 2.05) is 26.8 Å². The highest BCUT2D eigenvalue weighted by Gasteiger charge is 2.52. The van der Waals surface area contributed by atoms with Gasteiger partial charge >= 0.3 is 6.03 Å². The van der Waals surface area contributed by atoms with E-state index in [2.05, 4.69) is 10.6 Å². The predicted molar refractivity (Wildman–Crippen MR) is 77.2 cm³/mol. The molecule has 0 bridgehead atoms. The Labute approximate surface area is 128 Å². The Morgan fingerprint density at radius 1 is 1.41 bits per heavy atom. The molecule has 7 nitrogen and oxygen atoms in total. The fraction of sp³-hybridized carbons (Fsp3) is 0.533. The fourth-order valence-corrected chi connectivity index (χ4v) is 3.30. The normalized spacial score (nSPS) is 25.5. The first-order valence-corrected chi connectivity index (χ1v) is 7.32. The van der Waals surface area contributed by atoms with Crippen LogP contribution in [0.3, 0.4) is 0 Å². The minimum absolute atomic E-state index is 0.0604. The number of carbonyl (C=O) groups excluding carboxylic acids is 3. The van der Waals surface area contributed by atoms with Crippen LogP contribution in [0.1, 0.15) is 36.3 Å². The van der Waals surface area contributed by atoms with E-state index in [1.165, 1.54) is 0 Å². The van der Waals surface area contributed by atoms with Gasteiger partial charge in [0.25, 0.3) is 5.91 Å². The van der Waals surface area contributed by atoms with Crippen LogP contribution in [0.4, 0.5) is 4.79 Å². The molecule has 4 amide bonds. The number of furan rings is 1. The van der Waals surface area contributed by atoms with Gasteiger partial charge in [0.1, 0.15) is 17.1 Å². The van der Waals surface area contributed by atoms with E-state index >= 15 is 0 Å². The summed E-state index contributed by atoms with van der Waals surface area (Å²) in [5, 5.41) is 4.89. The van der Waals surface area contributed by atoms with Crippen molar-refractivity contribution in [3.8, 4) is 0 Å². The maximum absolute atomic E-state index is 12.7. The van der Waals surface area contributed by atoms with Gasteiger partial charge in [0.05, 0.1) is 12.5 Å². The van der Waals surface area contributed by atoms with Gasteiger partial charge in [-0.25, -0.2) is 4.79 Å². The van der Waals surface area contributed by atoms with Gasteiger partial charge in [-0.1, -0.05) is 0 Å². The number of hydrogen-bond donors (Lipinski definition) is 2. The summed E-state index contributed by atoms with van der Waals surface area (Å²) in [6.07, 6.45) is 0.437. The Balaban J connectivity index is 1.76. The van der Waals surface area contributed by atoms with E-state index in [0.29, 0.717) is 13.0 Å². The van der Waals surface area contributed by atoms with Gasteiger partial charge in [0, 0.05) is 12.1 Å². The van der Waals surface area contributed by atoms with Crippen molar-refractivity contribution in [1.82, 2.24) is 15.5 Å². The number of nitrogens with zero attached hydrogens (tertiary/aromatic N) is 1. The molecule has 0 aromatic carbocycles. The zero-order valence-electron chi connectivity index (χ0n) is 12.9. The molecule has 2 atom stereocenters. The number of carbonyl (C=O) groups is 3. The zero-order valence-corrected chi connectivity index (χ0v) is 12.9. The van der Waals surface area contributed by atoms with Crippen LogP contribution < -0.4 is 10.6 Å². The van der Waals surface area contributed by atoms with E-state index in [1.54, 1.807) is 4.90 Å². The van der Waals surface area contributed by atoms with E-state index in [9.17, 15) is 14.4 Å². The number of likely N-dealkylation sites (tertiary alicyclic amines) is 1. The van der Waals surface area contributed by atoms with Crippen LogP contribution in [0.25, 0.3) is 0 Å². The molecule has 1 spiro atoms. The monoisotopic (exact) mass is 305 g/mol. The first kappa shape index (κ1) is 14.6. The molecule has 2 saturated heterocycles. The summed E-state index contributed by atoms with van der Waals surface area (Å²) < 4.78 is 5.48. The number of amides is 4. The first-order chi connectivity index (χ1) is 10.3. The number of rotatable bonds is 2. The molecular weight excluding hydrogens is 286 g/mol. The number of aryl methyl sites for hydroxylation is 2. The minimum Gasteiger partial charge on any atom is -0.466 e. The van der Waals surface area contributed by atoms with Crippen LogP contribution in [0.2, 0.25) is 0 Å². The molecular formula is C15H19N3O4. The van der Waals surface area contributed by atoms with Crippen molar-refractivity contribution in [1.29, 1.82) is 0 Å². The standard InChI is InChI=1S/C15H19N3O4/c1-8-6-11(10(3)22-8)9(2)12(19)18-5-4-15(7-18)13(20)16-14(21)17-15/h6,9H,4-5,7H2,1-3H3,(H2,16,17,20,21)/t9-,15+/m1/s1. The highest BCUT2D eigenvalue weighted by Crippen LogP contribution is 2.30. The lowest BCUT2D eigenvalue weighted by Gasteiger charge is -2.23. The highest BCUT2D eigenvalue weighted by molar-refractivity contribution is 6.07. The lowest BCUT2D eigenvalue weighted by molar-refractivity contribution is -0.132. The first-order valence-electron chi connectivity index (χ1n) is 7.32. The highest BCUT2D eigenvalue weighted by atomic mass is 16.3. The maximum atomic E-state index is 12.7. The van der Waals surface area contributed by atoms with Crippen molar-refractivity contribution in [3.63, 3.8) is 0 Å². The third-order valence-electron chi connectivity index (χ3n) is 4.51. The van der Waals surface area contributed by atoms with Gasteiger partial charge in [0.2, 0.25) is 5.91 Å². The van der Waals surface area contributed by atoms with E-state index < -0.39 is 11.6 Å². The minimum atomic E-state index is -0.964. The number of imide groups is 1. The molecule has 1 aromatic heterocycles. The van der Waals surface area contributed by atoms with Gasteiger partial charge in [-0.05, 0) is 33.3 Å². The third kappa shape index (κ3) is 2.17. The molecule has 2 aliphatic rings. The number of hydrogen-bond acceptors (Lipinski definition) is 4. The Bertz CT molecular complexity index is 666. The molecule has 118 valence electrons. The molecule has 0 unspecified atom stereocenters. The molecule has 22 heavy (non-hydrogen) atoms. The lowest BCUT2D eigenvalue weighted by atomic mass is 9.98. The van der Waals surface area contributed by atoms with Crippen molar-refractivity contribution in [2.75, 3.05) is 13.1 Å². The average Bonchev–Trinajstić information content (AvgIpc) is 3.08. The summed E-state index contributed by atoms with van der Waals surface area (Å²) in [5.41, 5.74) is -0.100. The molecule has 3 heterocycles. The van der Waals surface area contributed by atoms with Crippen molar-refractivity contribution in [2.45, 2.75) is 38.6 Å². The van der Waals surface area contributed by atoms with Gasteiger partial charge in [-0.2, -0.15) is 0 Å². The number of urea groups is 1. The quantitative estimate of drug-likeness (QED) is 0.791. The second kappa shape index (κ2) is 4.86. The smallest absolute Gasteiger partial charge is 0.322 e. The maximum Gasteiger partial charge on any atom is 0.322 e. The van der Waals surface area contributed by atoms with E-state index in [-0.39, 0.29) is 24.3 Å². The lowest BCUT2D eigenvalue weighted by Crippen LogP contribution is -2.50. The summed E-state index contributed by atoms with van der Waals surface area (Å²) >= 11 is 0. The molecule has 1 aromatic rings. The van der Waals surface area contributed by atoms with Crippen LogP contribution in [0.15, 0.2) is 10.5 Å². The van der Waals surface area contributed by atoms with E-state index in [0.717, 1.165) is 17.1 Å². The predicted octanol–water partition coefficient (Wildman–Crippen LogP) is 0.810. The van der Waals surface area contributed by atoms with Gasteiger partial charge in [0.15, 0.2) is 0 Å². The topological polar surface area (TPSA) is 91.7 Å². The van der Waals surface area contributed by atoms with Gasteiger partial charge < -0.3 is 14.6 Å². The summed E-state index contributed by atoms with van der Waals surface area (Å²) in [4.78, 5) is 37.6. The molecule has 2 fully saturated rings. The molecule has 2 N–H and O–H groups in total. The van der Waals surface area contributed by atoms with Crippen LogP contribution >= 0.6 is 0 Å². The molecule has 0 saturated carbocycles. The molecule has 7 heteroatoms. The Hall–Kier alpha value is -2.31. The van der Waals surface area contributed by atoms with Crippen LogP contribution in [-0.2, 0) is 9.59 Å². The second-order valence-electron chi connectivity index (χ2n) is 6.09. The zero-order chi connectivity index (χ0) is 16.1. The fourth-order valence-electron chi connectivity index (χ4n) is 3.30. The van der Waals surface area contributed by atoms with Crippen molar-refractivity contribution in [2.24, 2.45) is 0 Å². The largest absolute Gasteiger partial charge is 0.466 e. The Morgan fingerprint density at radius 3 is 2.68 bits per heavy atom. The average molecular weight is 305 g/mol. The third-order valence-corrected chi connectivity index (χ3v) is 4.51. The Morgan fingerprint density at radius 2 is 2.14 bits per heavy atom. The summed E-state index contributed by atoms with van der Waals surface area (Å²) in [6, 6.07) is 1.38. The number of nitrogens with one attached hydrogen (secondary N) is 2. The van der Waals surface area contributed by atoms with Crippen LogP contribution in [0.5, 0.6) is 0 Å². The van der Waals surface area contributed by atoms with Crippen molar-refractivity contribution in [3.05, 3.63) is 23.2 Å². The SMILES string of the molecule is Cc1cc([C@@H](C)C(=O)N2CC[C@@]3(C2)NC(=O)NC3=O)c(C)o1. The molecule has 0 aliphatic carbocycles. The van der Waals surface area contributed by atoms with Crippen molar-refractivity contribution >= 4 is 17.8 Å². The second-order valence-corrected chi connectivity index (χ2v) is 6.09. The summed E-state index contributed by atoms with van der Waals surface area (Å²) in [6.45, 7) is 6.17. The van der Waals surface area contributed by atoms with E-state index in [4.69, 9.17) is 4.42 Å². The summed E-state index contributed by atoms with van der Waals surface area (Å²) in [5.74, 6) is 0.755. The van der Waals surface area contributed by atoms with Crippen molar-refractivity contribution < 1.29 is 18.8 Å². The molecule has 0 radical (unpaired) electrons.